The number of hydrogen-bond donors (Lipinski definition) is 3. The highest BCUT2D eigenvalue weighted by Gasteiger charge is 2.18. The molecule has 2 heterocycles. The molecule has 1 aliphatic carbocycles. The van der Waals surface area contributed by atoms with Crippen LogP contribution in [-0.2, 0) is 12.8 Å². The molecule has 2 aromatic heterocycles. The summed E-state index contributed by atoms with van der Waals surface area (Å²) >= 11 is 2.32. The fourth-order valence-electron chi connectivity index (χ4n) is 3.35. The second kappa shape index (κ2) is 7.81. The molecule has 0 radical (unpaired) electrons. The van der Waals surface area contributed by atoms with Crippen LogP contribution in [0.1, 0.15) is 49.4 Å². The fraction of sp³-hybridized carbons (Fsp3) is 0.190. The van der Waals surface area contributed by atoms with Crippen LogP contribution in [0.5, 0.6) is 5.75 Å². The second-order valence-corrected chi connectivity index (χ2v) is 8.73. The van der Waals surface area contributed by atoms with E-state index < -0.39 is 11.9 Å². The number of amides is 1. The highest BCUT2D eigenvalue weighted by atomic mass is 32.1. The molecule has 1 amide bonds. The molecule has 0 saturated carbocycles. The average molecular weight is 427 g/mol. The Balaban J connectivity index is 1.52. The highest BCUT2D eigenvalue weighted by Crippen LogP contribution is 2.40. The third-order valence-electron chi connectivity index (χ3n) is 4.88. The predicted molar refractivity (Wildman–Crippen MR) is 114 cm³/mol. The normalized spacial score (nSPS) is 13.3. The lowest BCUT2D eigenvalue weighted by Gasteiger charge is -2.05. The number of carboxylic acid groups (broad SMARTS) is 1. The van der Waals surface area contributed by atoms with Gasteiger partial charge in [-0.2, -0.15) is 5.10 Å². The zero-order valence-corrected chi connectivity index (χ0v) is 17.2. The Morgan fingerprint density at radius 1 is 1.10 bits per heavy atom. The van der Waals surface area contributed by atoms with Crippen LogP contribution in [0.15, 0.2) is 40.8 Å². The van der Waals surface area contributed by atoms with Gasteiger partial charge >= 0.3 is 5.97 Å². The molecule has 148 valence electrons. The number of thiophene rings is 2. The van der Waals surface area contributed by atoms with E-state index in [2.05, 4.69) is 22.7 Å². The van der Waals surface area contributed by atoms with E-state index in [4.69, 9.17) is 5.11 Å². The molecule has 3 N–H and O–H groups in total. The van der Waals surface area contributed by atoms with Crippen molar-refractivity contribution in [2.45, 2.75) is 26.2 Å². The van der Waals surface area contributed by atoms with E-state index in [1.54, 1.807) is 6.92 Å². The number of hydrogen-bond acceptors (Lipinski definition) is 6. The SMILES string of the molecule is C/C(=N/NC(=O)c1ccc(C(=O)O)s1)c1csc(-c2ccc3c(c2)CCC3)c1O. The van der Waals surface area contributed by atoms with Crippen LogP contribution in [0.2, 0.25) is 0 Å². The quantitative estimate of drug-likeness (QED) is 0.412. The van der Waals surface area contributed by atoms with Gasteiger partial charge in [-0.05, 0) is 61.1 Å². The number of nitrogens with zero attached hydrogens (tertiary/aromatic N) is 1. The minimum atomic E-state index is -1.07. The number of rotatable bonds is 5. The molecular weight excluding hydrogens is 408 g/mol. The van der Waals surface area contributed by atoms with Crippen LogP contribution < -0.4 is 5.43 Å². The third kappa shape index (κ3) is 3.81. The van der Waals surface area contributed by atoms with Gasteiger partial charge in [-0.15, -0.1) is 22.7 Å². The van der Waals surface area contributed by atoms with E-state index in [-0.39, 0.29) is 15.5 Å². The van der Waals surface area contributed by atoms with E-state index in [1.807, 2.05) is 11.4 Å². The number of carbonyl (C=O) groups excluding carboxylic acids is 1. The molecule has 1 aliphatic rings. The molecular formula is C21H18N2O4S2. The standard InChI is InChI=1S/C21H18N2O4S2/c1-11(22-23-20(25)16-7-8-17(29-16)21(26)27)15-10-28-19(18(15)24)14-6-5-12-3-2-4-13(12)9-14/h5-10,24H,2-4H2,1H3,(H,23,25)(H,26,27)/b22-11-. The van der Waals surface area contributed by atoms with Gasteiger partial charge in [-0.25, -0.2) is 10.2 Å². The van der Waals surface area contributed by atoms with Gasteiger partial charge in [0.15, 0.2) is 0 Å². The van der Waals surface area contributed by atoms with Gasteiger partial charge in [0.05, 0.1) is 21.0 Å². The van der Waals surface area contributed by atoms with Crippen LogP contribution in [0.25, 0.3) is 10.4 Å². The molecule has 8 heteroatoms. The van der Waals surface area contributed by atoms with Crippen LogP contribution in [0.4, 0.5) is 0 Å². The molecule has 0 saturated heterocycles. The molecule has 4 rings (SSSR count). The molecule has 3 aromatic rings. The van der Waals surface area contributed by atoms with Crippen molar-refractivity contribution < 1.29 is 19.8 Å². The van der Waals surface area contributed by atoms with Gasteiger partial charge in [0.2, 0.25) is 0 Å². The Labute approximate surface area is 175 Å². The first-order valence-electron chi connectivity index (χ1n) is 9.05. The lowest BCUT2D eigenvalue weighted by molar-refractivity contribution is 0.0702. The number of fused-ring (bicyclic) bond motifs is 1. The van der Waals surface area contributed by atoms with Crippen LogP contribution in [-0.4, -0.2) is 27.8 Å². The lowest BCUT2D eigenvalue weighted by Crippen LogP contribution is -2.18. The van der Waals surface area contributed by atoms with Gasteiger partial charge < -0.3 is 10.2 Å². The van der Waals surface area contributed by atoms with Crippen molar-refractivity contribution in [2.75, 3.05) is 0 Å². The van der Waals surface area contributed by atoms with Crippen molar-refractivity contribution in [3.05, 3.63) is 62.2 Å². The Hall–Kier alpha value is -2.97. The minimum absolute atomic E-state index is 0.0883. The monoisotopic (exact) mass is 426 g/mol. The molecule has 0 fully saturated rings. The average Bonchev–Trinajstić information content (AvgIpc) is 3.44. The number of hydrazone groups is 1. The van der Waals surface area contributed by atoms with E-state index >= 15 is 0 Å². The van der Waals surface area contributed by atoms with Gasteiger partial charge in [-0.1, -0.05) is 12.1 Å². The zero-order valence-electron chi connectivity index (χ0n) is 15.6. The Kier molecular flexibility index (Phi) is 5.21. The smallest absolute Gasteiger partial charge is 0.345 e. The zero-order chi connectivity index (χ0) is 20.5. The first-order valence-corrected chi connectivity index (χ1v) is 10.7. The summed E-state index contributed by atoms with van der Waals surface area (Å²) in [7, 11) is 0. The summed E-state index contributed by atoms with van der Waals surface area (Å²) in [6.45, 7) is 1.70. The minimum Gasteiger partial charge on any atom is -0.506 e. The molecule has 0 unspecified atom stereocenters. The first kappa shape index (κ1) is 19.4. The number of carboxylic acids is 1. The van der Waals surface area contributed by atoms with Crippen molar-refractivity contribution in [3.63, 3.8) is 0 Å². The Morgan fingerprint density at radius 3 is 2.62 bits per heavy atom. The van der Waals surface area contributed by atoms with Gasteiger partial charge in [0.25, 0.3) is 5.91 Å². The summed E-state index contributed by atoms with van der Waals surface area (Å²) < 4.78 is 0. The van der Waals surface area contributed by atoms with Crippen molar-refractivity contribution >= 4 is 40.3 Å². The molecule has 0 spiro atoms. The number of aromatic hydroxyl groups is 1. The Bertz CT molecular complexity index is 1140. The van der Waals surface area contributed by atoms with E-state index in [0.717, 1.165) is 34.6 Å². The summed E-state index contributed by atoms with van der Waals surface area (Å²) in [5, 5.41) is 25.5. The van der Waals surface area contributed by atoms with Crippen molar-refractivity contribution in [1.29, 1.82) is 0 Å². The van der Waals surface area contributed by atoms with E-state index in [1.165, 1.54) is 41.0 Å². The maximum Gasteiger partial charge on any atom is 0.345 e. The lowest BCUT2D eigenvalue weighted by atomic mass is 10.0. The van der Waals surface area contributed by atoms with Gasteiger partial charge in [-0.3, -0.25) is 4.79 Å². The second-order valence-electron chi connectivity index (χ2n) is 6.77. The number of aryl methyl sites for hydroxylation is 2. The van der Waals surface area contributed by atoms with Crippen LogP contribution in [0, 0.1) is 0 Å². The third-order valence-corrected chi connectivity index (χ3v) is 6.97. The van der Waals surface area contributed by atoms with Crippen molar-refractivity contribution in [1.82, 2.24) is 5.43 Å². The first-order chi connectivity index (χ1) is 13.9. The van der Waals surface area contributed by atoms with Crippen LogP contribution >= 0.6 is 22.7 Å². The van der Waals surface area contributed by atoms with E-state index in [9.17, 15) is 14.7 Å². The van der Waals surface area contributed by atoms with Crippen molar-refractivity contribution in [3.8, 4) is 16.2 Å². The van der Waals surface area contributed by atoms with E-state index in [0.29, 0.717) is 11.3 Å². The summed E-state index contributed by atoms with van der Waals surface area (Å²) in [5.74, 6) is -1.42. The molecule has 29 heavy (non-hydrogen) atoms. The molecule has 0 bridgehead atoms. The molecule has 0 atom stereocenters. The topological polar surface area (TPSA) is 99.0 Å². The molecule has 6 nitrogen and oxygen atoms in total. The number of aromatic carboxylic acids is 1. The van der Waals surface area contributed by atoms with Gasteiger partial charge in [0.1, 0.15) is 10.6 Å². The van der Waals surface area contributed by atoms with Crippen molar-refractivity contribution in [2.24, 2.45) is 5.10 Å². The maximum atomic E-state index is 12.2. The maximum absolute atomic E-state index is 12.2. The number of benzene rings is 1. The largest absolute Gasteiger partial charge is 0.506 e. The van der Waals surface area contributed by atoms with Crippen LogP contribution in [0.3, 0.4) is 0 Å². The predicted octanol–water partition coefficient (Wildman–Crippen LogP) is 4.52. The van der Waals surface area contributed by atoms with Gasteiger partial charge in [0, 0.05) is 5.38 Å². The summed E-state index contributed by atoms with van der Waals surface area (Å²) in [4.78, 5) is 24.2. The molecule has 1 aromatic carbocycles. The summed E-state index contributed by atoms with van der Waals surface area (Å²) in [6, 6.07) is 9.13. The Morgan fingerprint density at radius 2 is 1.86 bits per heavy atom. The summed E-state index contributed by atoms with van der Waals surface area (Å²) in [6.07, 6.45) is 3.35. The molecule has 0 aliphatic heterocycles. The fourth-order valence-corrected chi connectivity index (χ4v) is 5.09. The number of carbonyl (C=O) groups is 2. The summed E-state index contributed by atoms with van der Waals surface area (Å²) in [5.41, 5.74) is 7.15. The highest BCUT2D eigenvalue weighted by molar-refractivity contribution is 7.15. The number of nitrogens with one attached hydrogen (secondary N) is 1.